The van der Waals surface area contributed by atoms with E-state index in [0.29, 0.717) is 22.6 Å². The minimum Gasteiger partial charge on any atom is -0.454 e. The number of carbonyl (C=O) groups excluding carboxylic acids is 1. The Hall–Kier alpha value is -4.30. The fraction of sp³-hybridized carbons (Fsp3) is 0.0400. The summed E-state index contributed by atoms with van der Waals surface area (Å²) in [6.07, 6.45) is 4.56. The molecule has 0 spiro atoms. The smallest absolute Gasteiger partial charge is 0.231 e. The van der Waals surface area contributed by atoms with Gasteiger partial charge in [0, 0.05) is 22.8 Å². The Morgan fingerprint density at radius 3 is 2.60 bits per heavy atom. The number of nitrogens with zero attached hydrogens (tertiary/aromatic N) is 2. The molecule has 0 bridgehead atoms. The second kappa shape index (κ2) is 7.26. The van der Waals surface area contributed by atoms with Crippen LogP contribution in [0.2, 0.25) is 0 Å². The number of hydrogen-bond donors (Lipinski definition) is 0. The highest BCUT2D eigenvalue weighted by molar-refractivity contribution is 5.98. The van der Waals surface area contributed by atoms with Crippen molar-refractivity contribution >= 4 is 28.8 Å². The van der Waals surface area contributed by atoms with Gasteiger partial charge in [-0.15, -0.1) is 0 Å². The Kier molecular flexibility index (Phi) is 4.30. The van der Waals surface area contributed by atoms with E-state index < -0.39 is 0 Å². The number of rotatable bonds is 4. The number of fused-ring (bicyclic) bond motifs is 2. The molecule has 0 fully saturated rings. The summed E-state index contributed by atoms with van der Waals surface area (Å²) < 4.78 is 12.7. The lowest BCUT2D eigenvalue weighted by molar-refractivity contribution is 0.112. The van der Waals surface area contributed by atoms with Crippen molar-refractivity contribution in [3.05, 3.63) is 89.6 Å². The molecule has 5 rings (SSSR count). The Bertz CT molecular complexity index is 1340. The first-order valence-corrected chi connectivity index (χ1v) is 9.44. The van der Waals surface area contributed by atoms with Crippen LogP contribution in [-0.4, -0.2) is 17.6 Å². The molecular formula is C25H16N2O3. The SMILES string of the molecule is N#CC(=Cc1ccc(-n2cc(C=O)c3ccccc32)cc1)c1ccc2c(c1)OCO2. The summed E-state index contributed by atoms with van der Waals surface area (Å²) in [6, 6.07) is 23.4. The Morgan fingerprint density at radius 2 is 1.80 bits per heavy atom. The lowest BCUT2D eigenvalue weighted by atomic mass is 10.0. The van der Waals surface area contributed by atoms with Crippen LogP contribution >= 0.6 is 0 Å². The fourth-order valence-corrected chi connectivity index (χ4v) is 3.66. The van der Waals surface area contributed by atoms with Crippen molar-refractivity contribution < 1.29 is 14.3 Å². The standard InChI is InChI=1S/C25H16N2O3/c26-13-19(18-7-10-24-25(12-18)30-16-29-24)11-17-5-8-21(9-6-17)27-14-20(15-28)22-3-1-2-4-23(22)27/h1-12,14-15H,16H2. The first kappa shape index (κ1) is 17.8. The number of allylic oxidation sites excluding steroid dienone is 1. The van der Waals surface area contributed by atoms with Crippen molar-refractivity contribution in [1.29, 1.82) is 5.26 Å². The van der Waals surface area contributed by atoms with Gasteiger partial charge in [-0.05, 0) is 53.6 Å². The van der Waals surface area contributed by atoms with E-state index in [1.807, 2.05) is 83.6 Å². The molecule has 0 saturated carbocycles. The highest BCUT2D eigenvalue weighted by atomic mass is 16.7. The molecule has 5 nitrogen and oxygen atoms in total. The van der Waals surface area contributed by atoms with E-state index in [4.69, 9.17) is 9.47 Å². The molecule has 30 heavy (non-hydrogen) atoms. The minimum absolute atomic E-state index is 0.200. The number of carbonyl (C=O) groups is 1. The normalized spacial score (nSPS) is 12.7. The average molecular weight is 392 g/mol. The van der Waals surface area contributed by atoms with Crippen molar-refractivity contribution in [2.24, 2.45) is 0 Å². The number of aldehydes is 1. The van der Waals surface area contributed by atoms with Gasteiger partial charge in [-0.1, -0.05) is 30.3 Å². The van der Waals surface area contributed by atoms with Crippen LogP contribution in [0, 0.1) is 11.3 Å². The van der Waals surface area contributed by atoms with Crippen LogP contribution in [0.15, 0.2) is 72.9 Å². The number of ether oxygens (including phenoxy) is 2. The molecule has 0 N–H and O–H groups in total. The van der Waals surface area contributed by atoms with E-state index in [9.17, 15) is 10.1 Å². The molecule has 1 aromatic heterocycles. The summed E-state index contributed by atoms with van der Waals surface area (Å²) in [5.41, 5.74) is 4.79. The van der Waals surface area contributed by atoms with Gasteiger partial charge in [0.25, 0.3) is 0 Å². The maximum atomic E-state index is 11.4. The molecule has 0 radical (unpaired) electrons. The van der Waals surface area contributed by atoms with Crippen molar-refractivity contribution in [1.82, 2.24) is 4.57 Å². The number of aromatic nitrogens is 1. The van der Waals surface area contributed by atoms with Gasteiger partial charge in [0.05, 0.1) is 17.2 Å². The van der Waals surface area contributed by atoms with Gasteiger partial charge in [0.1, 0.15) is 0 Å². The molecule has 4 aromatic rings. The minimum atomic E-state index is 0.200. The van der Waals surface area contributed by atoms with Crippen molar-refractivity contribution in [3.63, 3.8) is 0 Å². The summed E-state index contributed by atoms with van der Waals surface area (Å²) >= 11 is 0. The van der Waals surface area contributed by atoms with Gasteiger partial charge in [-0.2, -0.15) is 5.26 Å². The maximum Gasteiger partial charge on any atom is 0.231 e. The lowest BCUT2D eigenvalue weighted by Crippen LogP contribution is -1.93. The van der Waals surface area contributed by atoms with E-state index in [0.717, 1.165) is 34.0 Å². The Balaban J connectivity index is 1.49. The largest absolute Gasteiger partial charge is 0.454 e. The summed E-state index contributed by atoms with van der Waals surface area (Å²) in [6.45, 7) is 0.200. The first-order chi connectivity index (χ1) is 14.8. The van der Waals surface area contributed by atoms with Gasteiger partial charge in [-0.25, -0.2) is 0 Å². The summed E-state index contributed by atoms with van der Waals surface area (Å²) in [5.74, 6) is 1.34. The zero-order valence-electron chi connectivity index (χ0n) is 15.9. The second-order valence-corrected chi connectivity index (χ2v) is 6.92. The van der Waals surface area contributed by atoms with E-state index in [2.05, 4.69) is 6.07 Å². The molecule has 5 heteroatoms. The van der Waals surface area contributed by atoms with Gasteiger partial charge in [0.2, 0.25) is 6.79 Å². The van der Waals surface area contributed by atoms with Gasteiger partial charge >= 0.3 is 0 Å². The molecule has 0 saturated heterocycles. The third-order valence-electron chi connectivity index (χ3n) is 5.16. The molecule has 0 unspecified atom stereocenters. The van der Waals surface area contributed by atoms with Gasteiger partial charge in [-0.3, -0.25) is 4.79 Å². The number of para-hydroxylation sites is 1. The maximum absolute atomic E-state index is 11.4. The molecule has 3 aromatic carbocycles. The quantitative estimate of drug-likeness (QED) is 0.271. The zero-order chi connectivity index (χ0) is 20.5. The molecule has 0 aliphatic carbocycles. The van der Waals surface area contributed by atoms with E-state index in [1.54, 1.807) is 0 Å². The van der Waals surface area contributed by atoms with E-state index >= 15 is 0 Å². The molecule has 2 heterocycles. The first-order valence-electron chi connectivity index (χ1n) is 9.44. The van der Waals surface area contributed by atoms with Crippen LogP contribution in [-0.2, 0) is 0 Å². The molecule has 1 aliphatic heterocycles. The Morgan fingerprint density at radius 1 is 1.00 bits per heavy atom. The Labute approximate surface area is 173 Å². The topological polar surface area (TPSA) is 64.2 Å². The number of hydrogen-bond acceptors (Lipinski definition) is 4. The van der Waals surface area contributed by atoms with Crippen molar-refractivity contribution in [2.45, 2.75) is 0 Å². The van der Waals surface area contributed by atoms with Gasteiger partial charge in [0.15, 0.2) is 17.8 Å². The molecule has 0 atom stereocenters. The van der Waals surface area contributed by atoms with Gasteiger partial charge < -0.3 is 14.0 Å². The summed E-state index contributed by atoms with van der Waals surface area (Å²) in [7, 11) is 0. The van der Waals surface area contributed by atoms with Crippen LogP contribution in [0.5, 0.6) is 11.5 Å². The predicted octanol–water partition coefficient (Wildman–Crippen LogP) is 5.24. The van der Waals surface area contributed by atoms with Crippen LogP contribution in [0.4, 0.5) is 0 Å². The van der Waals surface area contributed by atoms with Crippen LogP contribution in [0.1, 0.15) is 21.5 Å². The van der Waals surface area contributed by atoms with Crippen LogP contribution in [0.25, 0.3) is 28.2 Å². The van der Waals surface area contributed by atoms with Crippen molar-refractivity contribution in [3.8, 4) is 23.3 Å². The zero-order valence-corrected chi connectivity index (χ0v) is 15.9. The number of nitriles is 1. The molecule has 144 valence electrons. The monoisotopic (exact) mass is 392 g/mol. The fourth-order valence-electron chi connectivity index (χ4n) is 3.66. The molecular weight excluding hydrogens is 376 g/mol. The number of benzene rings is 3. The highest BCUT2D eigenvalue weighted by Crippen LogP contribution is 2.34. The predicted molar refractivity (Wildman–Crippen MR) is 115 cm³/mol. The third-order valence-corrected chi connectivity index (χ3v) is 5.16. The third kappa shape index (κ3) is 3.01. The van der Waals surface area contributed by atoms with Crippen LogP contribution in [0.3, 0.4) is 0 Å². The highest BCUT2D eigenvalue weighted by Gasteiger charge is 2.15. The summed E-state index contributed by atoms with van der Waals surface area (Å²) in [5, 5.41) is 10.6. The lowest BCUT2D eigenvalue weighted by Gasteiger charge is -2.06. The van der Waals surface area contributed by atoms with E-state index in [1.165, 1.54) is 0 Å². The van der Waals surface area contributed by atoms with Crippen LogP contribution < -0.4 is 9.47 Å². The molecule has 1 aliphatic rings. The van der Waals surface area contributed by atoms with Crippen molar-refractivity contribution in [2.75, 3.05) is 6.79 Å². The average Bonchev–Trinajstić information content (AvgIpc) is 3.42. The summed E-state index contributed by atoms with van der Waals surface area (Å²) in [4.78, 5) is 11.4. The van der Waals surface area contributed by atoms with E-state index in [-0.39, 0.29) is 6.79 Å². The second-order valence-electron chi connectivity index (χ2n) is 6.92. The molecule has 0 amide bonds.